The summed E-state index contributed by atoms with van der Waals surface area (Å²) in [7, 11) is 0. The molecule has 0 amide bonds. The predicted molar refractivity (Wildman–Crippen MR) is 405 cm³/mol. The summed E-state index contributed by atoms with van der Waals surface area (Å²) in [6, 6.07) is 46.1. The number of allylic oxidation sites excluding steroid dienone is 2. The Morgan fingerprint density at radius 3 is 1.19 bits per heavy atom. The molecule has 0 saturated heterocycles. The highest BCUT2D eigenvalue weighted by Gasteiger charge is 2.38. The fourth-order valence-corrected chi connectivity index (χ4v) is 11.0. The number of pyridine rings is 2. The van der Waals surface area contributed by atoms with Crippen molar-refractivity contribution in [3.8, 4) is 0 Å². The van der Waals surface area contributed by atoms with Crippen LogP contribution in [0.4, 0.5) is 0 Å². The third kappa shape index (κ3) is 27.1. The van der Waals surface area contributed by atoms with Crippen LogP contribution in [-0.2, 0) is 0 Å². The molecule has 4 atom stereocenters. The van der Waals surface area contributed by atoms with Gasteiger partial charge < -0.3 is 8.83 Å². The van der Waals surface area contributed by atoms with Crippen LogP contribution in [0.3, 0.4) is 0 Å². The van der Waals surface area contributed by atoms with Gasteiger partial charge >= 0.3 is 0 Å². The zero-order valence-electron chi connectivity index (χ0n) is 60.1. The summed E-state index contributed by atoms with van der Waals surface area (Å²) in [5.74, 6) is 4.80. The van der Waals surface area contributed by atoms with Gasteiger partial charge in [-0.05, 0) is 314 Å². The second-order valence-electron chi connectivity index (χ2n) is 24.6. The van der Waals surface area contributed by atoms with Gasteiger partial charge in [0.1, 0.15) is 5.76 Å². The Kier molecular flexibility index (Phi) is 33.7. The number of aryl methyl sites for hydroxylation is 19. The summed E-state index contributed by atoms with van der Waals surface area (Å²) in [5, 5.41) is 11.8. The number of aromatic nitrogens is 4. The van der Waals surface area contributed by atoms with Gasteiger partial charge in [0.05, 0.1) is 30.2 Å². The third-order valence-electron chi connectivity index (χ3n) is 17.7. The Balaban J connectivity index is 0.000000219. The zero-order valence-corrected chi connectivity index (χ0v) is 61.7. The minimum Gasteiger partial charge on any atom is -0.472 e. The predicted octanol–water partition coefficient (Wildman–Crippen LogP) is 24.7. The summed E-state index contributed by atoms with van der Waals surface area (Å²) in [6.45, 7) is 46.3. The summed E-state index contributed by atoms with van der Waals surface area (Å²) >= 11 is 3.57. The molecule has 8 heteroatoms. The first-order valence-electron chi connectivity index (χ1n) is 32.4. The molecular weight excluding hydrogens is 1170 g/mol. The van der Waals surface area contributed by atoms with Gasteiger partial charge in [0.15, 0.2) is 0 Å². The Morgan fingerprint density at radius 1 is 0.376 bits per heavy atom. The van der Waals surface area contributed by atoms with Crippen molar-refractivity contribution in [2.45, 2.75) is 159 Å². The van der Waals surface area contributed by atoms with E-state index in [9.17, 15) is 0 Å². The largest absolute Gasteiger partial charge is 0.472 e. The lowest BCUT2D eigenvalue weighted by molar-refractivity contribution is 0.364. The van der Waals surface area contributed by atoms with Crippen molar-refractivity contribution in [3.63, 3.8) is 0 Å². The first-order valence-corrected chi connectivity index (χ1v) is 34.2. The SMILES string of the molecule is CC1C2C=CC(C2)C1C.Cc1cc2ccccc2cc1C.Cc1ccc2ccccc2c1C.Cc1ccccc1C.Cc1ccccn1.Cc1ccnc(C)c1C.Cc1ccoc1C.Cc1ccsc1C.Cc1cocc1C.Cc1cscc1C.Cc1nccnc1C. The maximum absolute atomic E-state index is 4.96. The average Bonchev–Trinajstić information content (AvgIpc) is 1.83. The molecule has 0 radical (unpaired) electrons. The van der Waals surface area contributed by atoms with Crippen LogP contribution in [0.5, 0.6) is 0 Å². The van der Waals surface area contributed by atoms with Gasteiger partial charge in [-0.25, -0.2) is 0 Å². The van der Waals surface area contributed by atoms with Crippen LogP contribution in [0, 0.1) is 162 Å². The number of rotatable bonds is 0. The lowest BCUT2D eigenvalue weighted by atomic mass is 9.86. The fraction of sp³-hybridized carbons (Fsp3) is 0.318. The van der Waals surface area contributed by atoms with Crippen molar-refractivity contribution >= 4 is 44.2 Å². The van der Waals surface area contributed by atoms with E-state index >= 15 is 0 Å². The summed E-state index contributed by atoms with van der Waals surface area (Å²) in [5.41, 5.74) is 23.0. The molecule has 1 fully saturated rings. The number of benzene rings is 5. The maximum atomic E-state index is 4.96. The van der Waals surface area contributed by atoms with Crippen molar-refractivity contribution in [2.24, 2.45) is 23.7 Å². The van der Waals surface area contributed by atoms with Crippen molar-refractivity contribution in [3.05, 3.63) is 317 Å². The summed E-state index contributed by atoms with van der Waals surface area (Å²) in [6.07, 6.45) is 18.5. The molecule has 2 aliphatic carbocycles. The molecule has 2 bridgehead atoms. The topological polar surface area (TPSA) is 77.8 Å². The molecule has 0 N–H and O–H groups in total. The second kappa shape index (κ2) is 40.6. The van der Waals surface area contributed by atoms with Gasteiger partial charge in [-0.2, -0.15) is 11.3 Å². The lowest BCUT2D eigenvalue weighted by Crippen LogP contribution is -2.12. The highest BCUT2D eigenvalue weighted by molar-refractivity contribution is 7.10. The van der Waals surface area contributed by atoms with Gasteiger partial charge in [0.25, 0.3) is 0 Å². The van der Waals surface area contributed by atoms with Gasteiger partial charge in [-0.3, -0.25) is 19.9 Å². The van der Waals surface area contributed by atoms with E-state index in [2.05, 4.69) is 248 Å². The monoisotopic (exact) mass is 1280 g/mol. The Hall–Kier alpha value is -8.30. The molecule has 2 aliphatic rings. The average molecular weight is 1280 g/mol. The Bertz CT molecular complexity index is 3720. The van der Waals surface area contributed by atoms with Gasteiger partial charge in [-0.1, -0.05) is 129 Å². The minimum atomic E-state index is 0.935. The van der Waals surface area contributed by atoms with Crippen LogP contribution >= 0.6 is 22.7 Å². The first kappa shape index (κ1) is 77.1. The summed E-state index contributed by atoms with van der Waals surface area (Å²) in [4.78, 5) is 17.6. The Labute approximate surface area is 568 Å². The number of thiophene rings is 2. The number of furan rings is 2. The Morgan fingerprint density at radius 2 is 0.871 bits per heavy atom. The van der Waals surface area contributed by atoms with Crippen LogP contribution in [0.2, 0.25) is 0 Å². The van der Waals surface area contributed by atoms with Crippen LogP contribution in [0.25, 0.3) is 21.5 Å². The minimum absolute atomic E-state index is 0.935. The van der Waals surface area contributed by atoms with Crippen LogP contribution in [0.15, 0.2) is 214 Å². The number of hydrogen-bond acceptors (Lipinski definition) is 8. The zero-order chi connectivity index (χ0) is 68.6. The maximum Gasteiger partial charge on any atom is 0.103 e. The van der Waals surface area contributed by atoms with Gasteiger partial charge in [0, 0.05) is 41.1 Å². The van der Waals surface area contributed by atoms with Crippen LogP contribution < -0.4 is 0 Å². The van der Waals surface area contributed by atoms with Gasteiger partial charge in [-0.15, -0.1) is 11.3 Å². The van der Waals surface area contributed by atoms with Crippen molar-refractivity contribution in [1.82, 2.24) is 19.9 Å². The highest BCUT2D eigenvalue weighted by atomic mass is 32.1. The van der Waals surface area contributed by atoms with E-state index in [1.807, 2.05) is 91.9 Å². The normalized spacial score (nSPS) is 14.0. The molecule has 12 aromatic rings. The highest BCUT2D eigenvalue weighted by Crippen LogP contribution is 2.47. The van der Waals surface area contributed by atoms with E-state index in [-0.39, 0.29) is 0 Å². The van der Waals surface area contributed by atoms with E-state index in [0.29, 0.717) is 0 Å². The molecular formula is C85H106N4O2S2. The van der Waals surface area contributed by atoms with Crippen molar-refractivity contribution in [2.75, 3.05) is 0 Å². The van der Waals surface area contributed by atoms with E-state index in [1.165, 1.54) is 111 Å². The molecule has 0 spiro atoms. The number of fused-ring (bicyclic) bond motifs is 4. The molecule has 1 saturated carbocycles. The smallest absolute Gasteiger partial charge is 0.103 e. The van der Waals surface area contributed by atoms with E-state index in [0.717, 1.165) is 52.2 Å². The standard InChI is InChI=1S/2C12H12.C9H14.C8H11N.C8H10.C6H8N2.C6H7N.2C6H8O.2C6H8S/c1-9-7-11-5-3-4-6-12(11)8-10(9)2;1-9-7-8-11-5-3-4-6-12(11)10(9)2;1-6-7(2)9-4-3-8(6)5-9;1-6-4-5-9-8(3)7(6)2;1-7-5-3-4-6-8(7)2;1-5-6(2)8-4-3-7-5;1-6-4-2-3-5-7-6;1-5-3-7-4-6(5)2;1-5-3-4-7-6(5)2;1-5-3-7-4-6(5)2;1-5-3-4-7-6(5)2/h2*3-8H,1-2H3;3-4,6-9H,5H2,1-2H3;4-5H,1-3H3;3-6H,1-2H3;3-4H,1-2H3;2-5H,1H3;4*3-4H,1-2H3. The number of hydrogen-bond donors (Lipinski definition) is 0. The van der Waals surface area contributed by atoms with Crippen molar-refractivity contribution in [1.29, 1.82) is 0 Å². The molecule has 4 unspecified atom stereocenters. The van der Waals surface area contributed by atoms with Crippen LogP contribution in [-0.4, -0.2) is 19.9 Å². The molecule has 7 heterocycles. The first-order chi connectivity index (χ1) is 44.3. The van der Waals surface area contributed by atoms with E-state index in [4.69, 9.17) is 8.83 Å². The van der Waals surface area contributed by atoms with E-state index < -0.39 is 0 Å². The van der Waals surface area contributed by atoms with Crippen LogP contribution in [0.1, 0.15) is 132 Å². The molecule has 14 rings (SSSR count). The number of nitrogens with zero attached hydrogens (tertiary/aromatic N) is 4. The molecule has 7 aromatic heterocycles. The molecule has 0 aliphatic heterocycles. The molecule has 6 nitrogen and oxygen atoms in total. The summed E-state index contributed by atoms with van der Waals surface area (Å²) < 4.78 is 9.81. The third-order valence-corrected chi connectivity index (χ3v) is 19.6. The van der Waals surface area contributed by atoms with E-state index in [1.54, 1.807) is 60.1 Å². The molecule has 490 valence electrons. The van der Waals surface area contributed by atoms with Crippen molar-refractivity contribution < 1.29 is 8.83 Å². The quantitative estimate of drug-likeness (QED) is 0.141. The lowest BCUT2D eigenvalue weighted by Gasteiger charge is -2.19. The molecule has 5 aromatic carbocycles. The van der Waals surface area contributed by atoms with Gasteiger partial charge in [0.2, 0.25) is 0 Å². The molecule has 93 heavy (non-hydrogen) atoms. The second-order valence-corrected chi connectivity index (χ2v) is 26.5. The fourth-order valence-electron chi connectivity index (χ4n) is 9.42.